The third kappa shape index (κ3) is 17.2. The first-order valence-corrected chi connectivity index (χ1v) is 30.7. The molecule has 4 aromatic carbocycles. The number of alkyl halides is 1. The van der Waals surface area contributed by atoms with Gasteiger partial charge in [0.1, 0.15) is 36.0 Å². The van der Waals surface area contributed by atoms with E-state index in [2.05, 4.69) is 6.92 Å². The highest BCUT2D eigenvalue weighted by molar-refractivity contribution is 8.00. The first kappa shape index (κ1) is 68.5. The predicted molar refractivity (Wildman–Crippen MR) is 319 cm³/mol. The van der Waals surface area contributed by atoms with Gasteiger partial charge >= 0.3 is 23.9 Å². The SMILES string of the molecule is COC1C(C)C(Sc2ccccc2)OC(C)C1OC1OC(C)C(OC(=O)c2ccccc2)C(OC)C1OC(=O)C(C)(C)C.COC1C(OC(=O)c2ccccc2)C(C)OC(OC2C(C)OC(F)C(Sc3ccccc3)C2OC)C1OC(=O)C(C)(C)C. The first-order chi connectivity index (χ1) is 40.9. The third-order valence-corrected chi connectivity index (χ3v) is 17.8. The van der Waals surface area contributed by atoms with Gasteiger partial charge < -0.3 is 66.3 Å². The van der Waals surface area contributed by atoms with Crippen LogP contribution in [0.4, 0.5) is 4.39 Å². The van der Waals surface area contributed by atoms with E-state index < -0.39 is 132 Å². The molecule has 4 heterocycles. The Bertz CT molecular complexity index is 2760. The Labute approximate surface area is 513 Å². The van der Waals surface area contributed by atoms with Crippen LogP contribution < -0.4 is 0 Å². The van der Waals surface area contributed by atoms with Crippen molar-refractivity contribution in [3.8, 4) is 0 Å². The molecule has 0 spiro atoms. The number of esters is 4. The second kappa shape index (κ2) is 30.9. The van der Waals surface area contributed by atoms with E-state index >= 15 is 4.39 Å². The molecule has 18 nitrogen and oxygen atoms in total. The molecule has 0 radical (unpaired) electrons. The number of thioether (sulfide) groups is 2. The Hall–Kier alpha value is -5.01. The largest absolute Gasteiger partial charge is 0.454 e. The van der Waals surface area contributed by atoms with Crippen LogP contribution in [-0.4, -0.2) is 167 Å². The summed E-state index contributed by atoms with van der Waals surface area (Å²) >= 11 is 2.92. The highest BCUT2D eigenvalue weighted by Gasteiger charge is 2.56. The number of carbonyl (C=O) groups is 4. The van der Waals surface area contributed by atoms with Crippen LogP contribution in [0.5, 0.6) is 0 Å². The van der Waals surface area contributed by atoms with Crippen LogP contribution in [0.2, 0.25) is 0 Å². The lowest BCUT2D eigenvalue weighted by Crippen LogP contribution is -2.64. The van der Waals surface area contributed by atoms with E-state index in [-0.39, 0.29) is 23.6 Å². The van der Waals surface area contributed by atoms with Gasteiger partial charge in [0.2, 0.25) is 6.36 Å². The van der Waals surface area contributed by atoms with Gasteiger partial charge in [0.15, 0.2) is 37.0 Å². The van der Waals surface area contributed by atoms with Crippen molar-refractivity contribution >= 4 is 47.4 Å². The van der Waals surface area contributed by atoms with E-state index in [0.29, 0.717) is 11.1 Å². The molecule has 4 fully saturated rings. The Balaban J connectivity index is 0.000000246. The van der Waals surface area contributed by atoms with Gasteiger partial charge in [-0.15, -0.1) is 11.8 Å². The molecule has 4 saturated heterocycles. The van der Waals surface area contributed by atoms with Gasteiger partial charge in [-0.05, 0) is 118 Å². The maximum Gasteiger partial charge on any atom is 0.338 e. The molecule has 4 aliphatic rings. The highest BCUT2D eigenvalue weighted by atomic mass is 32.2. The predicted octanol–water partition coefficient (Wildman–Crippen LogP) is 10.7. The lowest BCUT2D eigenvalue weighted by Gasteiger charge is -2.48. The number of ether oxygens (including phenoxy) is 14. The van der Waals surface area contributed by atoms with Crippen molar-refractivity contribution in [3.05, 3.63) is 132 Å². The van der Waals surface area contributed by atoms with E-state index in [9.17, 15) is 19.2 Å². The van der Waals surface area contributed by atoms with E-state index in [4.69, 9.17) is 66.3 Å². The molecule has 0 aromatic heterocycles. The zero-order valence-electron chi connectivity index (χ0n) is 51.6. The van der Waals surface area contributed by atoms with Crippen LogP contribution in [0.25, 0.3) is 0 Å². The summed E-state index contributed by atoms with van der Waals surface area (Å²) < 4.78 is 100. The van der Waals surface area contributed by atoms with E-state index in [1.165, 1.54) is 33.1 Å². The maximum absolute atomic E-state index is 15.3. The standard InChI is InChI=1S/C33H44O9S.C32H41FO9S/c1-19-24(36-7)25(21(3)39-31(19)43-23-17-13-10-14-18-23)41-30-28(42-32(35)33(4,5)6)27(37-8)26(20(2)38-30)40-29(34)22-15-11-9-12-16-22;1-18-23(25(37-7)27(28(33)38-18)43-21-16-12-9-13-17-21)41-30-26(42-31(35)32(3,4)5)24(36-6)22(19(2)39-30)40-29(34)20-14-10-8-11-15-20/h9-21,24-28,30-31H,1-8H3;8-19,22-28,30H,1-7H3. The van der Waals surface area contributed by atoms with Gasteiger partial charge in [0.05, 0.1) is 57.7 Å². The molecule has 0 aliphatic carbocycles. The van der Waals surface area contributed by atoms with Gasteiger partial charge in [-0.1, -0.05) is 91.5 Å². The molecule has 8 rings (SSSR count). The van der Waals surface area contributed by atoms with E-state index in [1.54, 1.807) is 136 Å². The summed E-state index contributed by atoms with van der Waals surface area (Å²) in [5.41, 5.74) is -1.10. The molecule has 86 heavy (non-hydrogen) atoms. The summed E-state index contributed by atoms with van der Waals surface area (Å²) in [5.74, 6) is -2.16. The smallest absolute Gasteiger partial charge is 0.338 e. The number of hydrogen-bond acceptors (Lipinski definition) is 20. The number of halogens is 1. The Kier molecular flexibility index (Phi) is 24.6. The molecular weight excluding hydrogens is 1150 g/mol. The van der Waals surface area contributed by atoms with Gasteiger partial charge in [-0.25, -0.2) is 14.0 Å². The molecule has 472 valence electrons. The Morgan fingerprint density at radius 3 is 1.14 bits per heavy atom. The summed E-state index contributed by atoms with van der Waals surface area (Å²) in [6.45, 7) is 19.6. The average molecular weight is 1240 g/mol. The summed E-state index contributed by atoms with van der Waals surface area (Å²) in [5, 5.41) is -0.761. The second-order valence-corrected chi connectivity index (χ2v) is 26.1. The van der Waals surface area contributed by atoms with Gasteiger partial charge in [0, 0.05) is 44.1 Å². The van der Waals surface area contributed by atoms with Gasteiger partial charge in [0.25, 0.3) is 0 Å². The van der Waals surface area contributed by atoms with Crippen LogP contribution in [0, 0.1) is 16.7 Å². The molecule has 0 amide bonds. The fraction of sp³-hybridized carbons (Fsp3) is 0.569. The average Bonchev–Trinajstić information content (AvgIpc) is 1.83. The first-order valence-electron chi connectivity index (χ1n) is 28.9. The van der Waals surface area contributed by atoms with Crippen LogP contribution in [-0.2, 0) is 75.9 Å². The third-order valence-electron chi connectivity index (χ3n) is 15.1. The minimum Gasteiger partial charge on any atom is -0.454 e. The normalized spacial score (nSPS) is 33.0. The lowest BCUT2D eigenvalue weighted by molar-refractivity contribution is -0.334. The van der Waals surface area contributed by atoms with Crippen molar-refractivity contribution in [2.75, 3.05) is 28.4 Å². The quantitative estimate of drug-likeness (QED) is 0.0673. The van der Waals surface area contributed by atoms with Crippen molar-refractivity contribution in [3.63, 3.8) is 0 Å². The van der Waals surface area contributed by atoms with Crippen LogP contribution in [0.1, 0.15) is 96.9 Å². The number of hydrogen-bond donors (Lipinski definition) is 0. The lowest BCUT2D eigenvalue weighted by atomic mass is 9.93. The van der Waals surface area contributed by atoms with Gasteiger partial charge in [-0.2, -0.15) is 0 Å². The van der Waals surface area contributed by atoms with Crippen molar-refractivity contribution in [1.82, 2.24) is 0 Å². The fourth-order valence-corrected chi connectivity index (χ4v) is 12.7. The monoisotopic (exact) mass is 1240 g/mol. The molecule has 4 aromatic rings. The van der Waals surface area contributed by atoms with Gasteiger partial charge in [-0.3, -0.25) is 9.59 Å². The minimum atomic E-state index is -1.63. The minimum absolute atomic E-state index is 0.0502. The van der Waals surface area contributed by atoms with Crippen molar-refractivity contribution < 1.29 is 89.9 Å². The van der Waals surface area contributed by atoms with Crippen LogP contribution in [0.15, 0.2) is 131 Å². The molecule has 21 heteroatoms. The zero-order valence-corrected chi connectivity index (χ0v) is 53.3. The number of methoxy groups -OCH3 is 4. The summed E-state index contributed by atoms with van der Waals surface area (Å²) in [6.07, 6.45) is -14.6. The van der Waals surface area contributed by atoms with Crippen LogP contribution >= 0.6 is 23.5 Å². The van der Waals surface area contributed by atoms with Crippen LogP contribution in [0.3, 0.4) is 0 Å². The van der Waals surface area contributed by atoms with Crippen molar-refractivity contribution in [2.24, 2.45) is 16.7 Å². The molecule has 4 aliphatic heterocycles. The Morgan fingerprint density at radius 2 is 0.756 bits per heavy atom. The summed E-state index contributed by atoms with van der Waals surface area (Å²) in [7, 11) is 6.06. The fourth-order valence-electron chi connectivity index (χ4n) is 10.4. The van der Waals surface area contributed by atoms with Crippen molar-refractivity contribution in [1.29, 1.82) is 0 Å². The number of benzene rings is 4. The molecule has 20 atom stereocenters. The number of carbonyl (C=O) groups excluding carboxylic acids is 4. The molecule has 0 saturated carbocycles. The van der Waals surface area contributed by atoms with E-state index in [1.807, 2.05) is 73.7 Å². The molecule has 0 bridgehead atoms. The maximum atomic E-state index is 15.3. The topological polar surface area (TPSA) is 197 Å². The Morgan fingerprint density at radius 1 is 0.407 bits per heavy atom. The summed E-state index contributed by atoms with van der Waals surface area (Å²) in [6, 6.07) is 36.7. The summed E-state index contributed by atoms with van der Waals surface area (Å²) in [4.78, 5) is 54.3. The second-order valence-electron chi connectivity index (χ2n) is 23.7. The van der Waals surface area contributed by atoms with Crippen molar-refractivity contribution in [2.45, 2.75) is 201 Å². The van der Waals surface area contributed by atoms with E-state index in [0.717, 1.165) is 9.79 Å². The zero-order chi connectivity index (χ0) is 62.6. The number of rotatable bonds is 18. The molecular formula is C65H85FO18S2. The highest BCUT2D eigenvalue weighted by Crippen LogP contribution is 2.43. The molecule has 20 unspecified atom stereocenters. The molecule has 0 N–H and O–H groups in total.